The minimum Gasteiger partial charge on any atom is -0.475 e. The van der Waals surface area contributed by atoms with Crippen LogP contribution in [0.4, 0.5) is 23.4 Å². The van der Waals surface area contributed by atoms with Gasteiger partial charge in [0, 0.05) is 18.2 Å². The minimum atomic E-state index is -4.48. The molecule has 0 bridgehead atoms. The molecule has 1 aliphatic rings. The number of halogens is 5. The molecule has 0 spiro atoms. The first-order valence-corrected chi connectivity index (χ1v) is 11.8. The predicted octanol–water partition coefficient (Wildman–Crippen LogP) is 6.26. The first-order chi connectivity index (χ1) is 17.5. The van der Waals surface area contributed by atoms with Crippen LogP contribution in [-0.2, 0) is 12.7 Å². The van der Waals surface area contributed by atoms with Gasteiger partial charge < -0.3 is 15.0 Å². The lowest BCUT2D eigenvalue weighted by Crippen LogP contribution is -2.20. The first-order valence-electron chi connectivity index (χ1n) is 11.4. The molecule has 5 rings (SSSR count). The largest absolute Gasteiger partial charge is 0.475 e. The fourth-order valence-electron chi connectivity index (χ4n) is 4.15. The van der Waals surface area contributed by atoms with Crippen LogP contribution in [0.15, 0.2) is 42.5 Å². The maximum absolute atomic E-state index is 14.4. The molecule has 1 saturated carbocycles. The molecular formula is C25H20ClF4N5O2. The Kier molecular flexibility index (Phi) is 6.26. The van der Waals surface area contributed by atoms with E-state index in [4.69, 9.17) is 11.6 Å². The number of hydrogen-bond donors (Lipinski definition) is 2. The SMILES string of the molecule is CC(Nc1nc(C(=O)O)nc2nc(-c3ccc(Cl)c(F)c3)n(Cc3ccc(C(F)(F)F)cc3)c12)C1CC1. The lowest BCUT2D eigenvalue weighted by atomic mass is 10.1. The lowest BCUT2D eigenvalue weighted by molar-refractivity contribution is -0.137. The number of aromatic nitrogens is 4. The zero-order valence-electron chi connectivity index (χ0n) is 19.4. The summed E-state index contributed by atoms with van der Waals surface area (Å²) in [6.07, 6.45) is -2.44. The van der Waals surface area contributed by atoms with Gasteiger partial charge in [-0.2, -0.15) is 13.2 Å². The summed E-state index contributed by atoms with van der Waals surface area (Å²) in [4.78, 5) is 24.5. The van der Waals surface area contributed by atoms with Crippen LogP contribution < -0.4 is 5.32 Å². The molecule has 12 heteroatoms. The number of aromatic carboxylic acids is 1. The second-order valence-corrected chi connectivity index (χ2v) is 9.40. The van der Waals surface area contributed by atoms with Crippen molar-refractivity contribution < 1.29 is 27.5 Å². The van der Waals surface area contributed by atoms with Crippen LogP contribution in [0.3, 0.4) is 0 Å². The maximum atomic E-state index is 14.4. The Morgan fingerprint density at radius 1 is 1.16 bits per heavy atom. The van der Waals surface area contributed by atoms with Crippen molar-refractivity contribution in [3.63, 3.8) is 0 Å². The number of alkyl halides is 3. The molecule has 2 aromatic carbocycles. The van der Waals surface area contributed by atoms with Crippen LogP contribution >= 0.6 is 11.6 Å². The maximum Gasteiger partial charge on any atom is 0.416 e. The van der Waals surface area contributed by atoms with E-state index in [2.05, 4.69) is 20.3 Å². The molecule has 0 radical (unpaired) electrons. The quantitative estimate of drug-likeness (QED) is 0.272. The van der Waals surface area contributed by atoms with Crippen molar-refractivity contribution >= 4 is 34.6 Å². The van der Waals surface area contributed by atoms with Gasteiger partial charge in [-0.1, -0.05) is 23.7 Å². The van der Waals surface area contributed by atoms with Crippen molar-refractivity contribution in [2.45, 2.75) is 38.5 Å². The molecule has 1 unspecified atom stereocenters. The molecule has 0 saturated heterocycles. The zero-order chi connectivity index (χ0) is 26.5. The van der Waals surface area contributed by atoms with Gasteiger partial charge in [-0.05, 0) is 61.6 Å². The van der Waals surface area contributed by atoms with Crippen molar-refractivity contribution in [3.05, 3.63) is 70.3 Å². The summed E-state index contributed by atoms with van der Waals surface area (Å²) in [5.41, 5.74) is 0.441. The van der Waals surface area contributed by atoms with Crippen molar-refractivity contribution in [2.75, 3.05) is 5.32 Å². The molecule has 1 fully saturated rings. The Balaban J connectivity index is 1.70. The number of anilines is 1. The lowest BCUT2D eigenvalue weighted by Gasteiger charge is -2.17. The van der Waals surface area contributed by atoms with Gasteiger partial charge in [0.05, 0.1) is 10.6 Å². The number of carboxylic acid groups (broad SMARTS) is 1. The summed E-state index contributed by atoms with van der Waals surface area (Å²) in [5, 5.41) is 12.7. The van der Waals surface area contributed by atoms with Crippen LogP contribution in [0, 0.1) is 11.7 Å². The van der Waals surface area contributed by atoms with E-state index in [1.54, 1.807) is 10.6 Å². The molecule has 0 amide bonds. The summed E-state index contributed by atoms with van der Waals surface area (Å²) in [6, 6.07) is 8.69. The van der Waals surface area contributed by atoms with Gasteiger partial charge in [0.15, 0.2) is 11.5 Å². The van der Waals surface area contributed by atoms with Crippen molar-refractivity contribution in [1.29, 1.82) is 0 Å². The molecular weight excluding hydrogens is 514 g/mol. The number of carboxylic acids is 1. The number of nitrogens with one attached hydrogen (secondary N) is 1. The molecule has 2 heterocycles. The number of nitrogens with zero attached hydrogens (tertiary/aromatic N) is 4. The number of fused-ring (bicyclic) bond motifs is 1. The Morgan fingerprint density at radius 2 is 1.86 bits per heavy atom. The number of carbonyl (C=O) groups is 1. The van der Waals surface area contributed by atoms with Gasteiger partial charge in [-0.15, -0.1) is 0 Å². The highest BCUT2D eigenvalue weighted by Crippen LogP contribution is 2.36. The highest BCUT2D eigenvalue weighted by atomic mass is 35.5. The molecule has 1 atom stereocenters. The summed E-state index contributed by atoms with van der Waals surface area (Å²) in [7, 11) is 0. The fourth-order valence-corrected chi connectivity index (χ4v) is 4.27. The molecule has 0 aliphatic heterocycles. The smallest absolute Gasteiger partial charge is 0.416 e. The summed E-state index contributed by atoms with van der Waals surface area (Å²) >= 11 is 5.85. The average Bonchev–Trinajstić information content (AvgIpc) is 3.63. The average molecular weight is 534 g/mol. The van der Waals surface area contributed by atoms with Crippen LogP contribution in [0.1, 0.15) is 41.5 Å². The van der Waals surface area contributed by atoms with Crippen LogP contribution in [0.2, 0.25) is 5.02 Å². The molecule has 37 heavy (non-hydrogen) atoms. The Morgan fingerprint density at radius 3 is 2.46 bits per heavy atom. The van der Waals surface area contributed by atoms with E-state index in [9.17, 15) is 27.5 Å². The van der Waals surface area contributed by atoms with E-state index in [1.807, 2.05) is 6.92 Å². The van der Waals surface area contributed by atoms with Crippen LogP contribution in [0.5, 0.6) is 0 Å². The molecule has 7 nitrogen and oxygen atoms in total. The topological polar surface area (TPSA) is 92.9 Å². The van der Waals surface area contributed by atoms with E-state index in [-0.39, 0.29) is 34.9 Å². The second kappa shape index (κ2) is 9.29. The zero-order valence-corrected chi connectivity index (χ0v) is 20.1. The van der Waals surface area contributed by atoms with Crippen molar-refractivity contribution in [2.24, 2.45) is 5.92 Å². The molecule has 4 aromatic rings. The van der Waals surface area contributed by atoms with Gasteiger partial charge >= 0.3 is 12.1 Å². The van der Waals surface area contributed by atoms with Gasteiger partial charge in [-0.3, -0.25) is 0 Å². The fraction of sp³-hybridized carbons (Fsp3) is 0.280. The Bertz CT molecular complexity index is 1500. The summed E-state index contributed by atoms with van der Waals surface area (Å²) < 4.78 is 55.2. The Hall–Kier alpha value is -3.73. The van der Waals surface area contributed by atoms with Gasteiger partial charge in [0.25, 0.3) is 0 Å². The van der Waals surface area contributed by atoms with Crippen molar-refractivity contribution in [3.8, 4) is 11.4 Å². The highest BCUT2D eigenvalue weighted by Gasteiger charge is 2.31. The minimum absolute atomic E-state index is 0.0226. The van der Waals surface area contributed by atoms with Crippen LogP contribution in [0.25, 0.3) is 22.6 Å². The Labute approximate surface area is 213 Å². The number of benzene rings is 2. The van der Waals surface area contributed by atoms with E-state index in [1.165, 1.54) is 24.3 Å². The second-order valence-electron chi connectivity index (χ2n) is 8.99. The molecule has 1 aliphatic carbocycles. The summed E-state index contributed by atoms with van der Waals surface area (Å²) in [6.45, 7) is 1.99. The molecule has 2 aromatic heterocycles. The van der Waals surface area contributed by atoms with E-state index >= 15 is 0 Å². The predicted molar refractivity (Wildman–Crippen MR) is 129 cm³/mol. The first kappa shape index (κ1) is 24.9. The van der Waals surface area contributed by atoms with Gasteiger partial charge in [0.2, 0.25) is 5.82 Å². The van der Waals surface area contributed by atoms with E-state index in [0.717, 1.165) is 25.0 Å². The summed E-state index contributed by atoms with van der Waals surface area (Å²) in [5.74, 6) is -1.66. The van der Waals surface area contributed by atoms with Crippen molar-refractivity contribution in [1.82, 2.24) is 19.5 Å². The van der Waals surface area contributed by atoms with Gasteiger partial charge in [0.1, 0.15) is 17.2 Å². The number of rotatable bonds is 7. The third kappa shape index (κ3) is 5.08. The van der Waals surface area contributed by atoms with E-state index in [0.29, 0.717) is 22.6 Å². The third-order valence-electron chi connectivity index (χ3n) is 6.29. The highest BCUT2D eigenvalue weighted by molar-refractivity contribution is 6.30. The normalized spacial score (nSPS) is 14.6. The van der Waals surface area contributed by atoms with Gasteiger partial charge in [-0.25, -0.2) is 24.1 Å². The monoisotopic (exact) mass is 533 g/mol. The van der Waals surface area contributed by atoms with E-state index < -0.39 is 29.4 Å². The molecule has 192 valence electrons. The number of imidazole rings is 1. The molecule has 2 N–H and O–H groups in total. The number of hydrogen-bond acceptors (Lipinski definition) is 5. The standard InChI is InChI=1S/C25H20ClF4N5O2/c1-12(14-4-5-14)31-20-19-21(33-22(32-20)24(36)37)34-23(15-6-9-17(26)18(27)10-15)35(19)11-13-2-7-16(8-3-13)25(28,29)30/h2-3,6-10,12,14H,4-5,11H2,1H3,(H,36,37)(H,31,32,33). The van der Waals surface area contributed by atoms with Crippen LogP contribution in [-0.4, -0.2) is 36.6 Å². The third-order valence-corrected chi connectivity index (χ3v) is 6.59.